The van der Waals surface area contributed by atoms with Gasteiger partial charge in [-0.3, -0.25) is 0 Å². The second-order valence-corrected chi connectivity index (χ2v) is 4.92. The lowest BCUT2D eigenvalue weighted by molar-refractivity contribution is -0.138. The van der Waals surface area contributed by atoms with Crippen molar-refractivity contribution in [1.29, 1.82) is 0 Å². The van der Waals surface area contributed by atoms with Crippen LogP contribution in [-0.2, 0) is 12.6 Å². The summed E-state index contributed by atoms with van der Waals surface area (Å²) in [5.41, 5.74) is -0.312. The van der Waals surface area contributed by atoms with E-state index in [9.17, 15) is 13.2 Å². The lowest BCUT2D eigenvalue weighted by Crippen LogP contribution is -2.38. The summed E-state index contributed by atoms with van der Waals surface area (Å²) in [7, 11) is 0. The minimum absolute atomic E-state index is 0.193. The molecular formula is C13H16F3N. The summed E-state index contributed by atoms with van der Waals surface area (Å²) in [5.74, 6) is 0. The fourth-order valence-electron chi connectivity index (χ4n) is 2.48. The van der Waals surface area contributed by atoms with Crippen molar-refractivity contribution >= 4 is 0 Å². The number of rotatable bonds is 2. The van der Waals surface area contributed by atoms with Crippen molar-refractivity contribution in [2.24, 2.45) is 0 Å². The highest BCUT2D eigenvalue weighted by molar-refractivity contribution is 5.31. The summed E-state index contributed by atoms with van der Waals surface area (Å²) in [5, 5.41) is 3.29. The molecule has 1 heterocycles. The van der Waals surface area contributed by atoms with Gasteiger partial charge in [0.1, 0.15) is 0 Å². The first-order chi connectivity index (χ1) is 7.91. The maximum atomic E-state index is 12.8. The van der Waals surface area contributed by atoms with E-state index in [1.165, 1.54) is 6.07 Å². The fraction of sp³-hybridized carbons (Fsp3) is 0.538. The average Bonchev–Trinajstić information content (AvgIpc) is 2.64. The molecule has 17 heavy (non-hydrogen) atoms. The maximum absolute atomic E-state index is 12.8. The van der Waals surface area contributed by atoms with E-state index in [1.54, 1.807) is 12.1 Å². The van der Waals surface area contributed by atoms with Crippen LogP contribution in [0.1, 0.15) is 30.9 Å². The normalized spacial score (nSPS) is 25.2. The Balaban J connectivity index is 2.26. The highest BCUT2D eigenvalue weighted by Gasteiger charge is 2.36. The molecular weight excluding hydrogens is 227 g/mol. The molecule has 0 spiro atoms. The van der Waals surface area contributed by atoms with E-state index in [0.29, 0.717) is 12.0 Å². The zero-order valence-corrected chi connectivity index (χ0v) is 9.77. The van der Waals surface area contributed by atoms with E-state index in [2.05, 4.69) is 5.32 Å². The molecule has 0 amide bonds. The Morgan fingerprint density at radius 2 is 2.00 bits per heavy atom. The molecule has 0 saturated carbocycles. The lowest BCUT2D eigenvalue weighted by Gasteiger charge is -2.26. The van der Waals surface area contributed by atoms with Gasteiger partial charge in [0, 0.05) is 5.54 Å². The van der Waals surface area contributed by atoms with Crippen LogP contribution in [0.5, 0.6) is 0 Å². The van der Waals surface area contributed by atoms with Crippen LogP contribution in [0.4, 0.5) is 13.2 Å². The summed E-state index contributed by atoms with van der Waals surface area (Å²) in [6.45, 7) is 2.89. The van der Waals surface area contributed by atoms with Gasteiger partial charge in [-0.15, -0.1) is 0 Å². The molecule has 1 N–H and O–H groups in total. The second-order valence-electron chi connectivity index (χ2n) is 4.92. The van der Waals surface area contributed by atoms with Crippen LogP contribution >= 0.6 is 0 Å². The molecule has 1 aliphatic heterocycles. The molecule has 1 atom stereocenters. The van der Waals surface area contributed by atoms with Crippen molar-refractivity contribution in [2.45, 2.75) is 37.9 Å². The van der Waals surface area contributed by atoms with Crippen molar-refractivity contribution in [3.8, 4) is 0 Å². The first-order valence-corrected chi connectivity index (χ1v) is 5.81. The smallest absolute Gasteiger partial charge is 0.311 e. The standard InChI is InChI=1S/C13H16F3N/c1-12(7-4-8-17-12)9-10-5-2-3-6-11(10)13(14,15)16/h2-3,5-6,17H,4,7-9H2,1H3. The van der Waals surface area contributed by atoms with Gasteiger partial charge in [-0.2, -0.15) is 13.2 Å². The molecule has 1 aliphatic rings. The topological polar surface area (TPSA) is 12.0 Å². The van der Waals surface area contributed by atoms with E-state index in [1.807, 2.05) is 6.92 Å². The Labute approximate surface area is 99.0 Å². The van der Waals surface area contributed by atoms with Crippen molar-refractivity contribution < 1.29 is 13.2 Å². The highest BCUT2D eigenvalue weighted by atomic mass is 19.4. The summed E-state index contributed by atoms with van der Waals surface area (Å²) in [4.78, 5) is 0. The van der Waals surface area contributed by atoms with Gasteiger partial charge in [0.25, 0.3) is 0 Å². The Kier molecular flexibility index (Phi) is 3.17. The predicted molar refractivity (Wildman–Crippen MR) is 60.8 cm³/mol. The molecule has 1 aromatic rings. The lowest BCUT2D eigenvalue weighted by atomic mass is 9.89. The largest absolute Gasteiger partial charge is 0.416 e. The third kappa shape index (κ3) is 2.80. The molecule has 94 valence electrons. The molecule has 0 radical (unpaired) electrons. The van der Waals surface area contributed by atoms with Gasteiger partial charge < -0.3 is 5.32 Å². The molecule has 1 nitrogen and oxygen atoms in total. The minimum Gasteiger partial charge on any atom is -0.311 e. The van der Waals surface area contributed by atoms with Gasteiger partial charge in [-0.1, -0.05) is 18.2 Å². The number of hydrogen-bond acceptors (Lipinski definition) is 1. The Morgan fingerprint density at radius 3 is 2.59 bits per heavy atom. The average molecular weight is 243 g/mol. The first kappa shape index (κ1) is 12.4. The van der Waals surface area contributed by atoms with E-state index in [4.69, 9.17) is 0 Å². The van der Waals surface area contributed by atoms with Crippen LogP contribution < -0.4 is 5.32 Å². The van der Waals surface area contributed by atoms with Crippen LogP contribution in [0.15, 0.2) is 24.3 Å². The van der Waals surface area contributed by atoms with Crippen LogP contribution in [0.3, 0.4) is 0 Å². The molecule has 4 heteroatoms. The quantitative estimate of drug-likeness (QED) is 0.839. The zero-order chi connectivity index (χ0) is 12.5. The van der Waals surface area contributed by atoms with E-state index < -0.39 is 11.7 Å². The van der Waals surface area contributed by atoms with Gasteiger partial charge in [-0.25, -0.2) is 0 Å². The Hall–Kier alpha value is -1.03. The second kappa shape index (κ2) is 4.33. The Bertz CT molecular complexity index is 392. The third-order valence-corrected chi connectivity index (χ3v) is 3.36. The highest BCUT2D eigenvalue weighted by Crippen LogP contribution is 2.34. The Morgan fingerprint density at radius 1 is 1.29 bits per heavy atom. The van der Waals surface area contributed by atoms with Crippen LogP contribution in [0.25, 0.3) is 0 Å². The molecule has 0 bridgehead atoms. The first-order valence-electron chi connectivity index (χ1n) is 5.81. The molecule has 0 aliphatic carbocycles. The van der Waals surface area contributed by atoms with Gasteiger partial charge in [0.15, 0.2) is 0 Å². The maximum Gasteiger partial charge on any atom is 0.416 e. The van der Waals surface area contributed by atoms with Gasteiger partial charge in [0.05, 0.1) is 5.56 Å². The van der Waals surface area contributed by atoms with E-state index in [-0.39, 0.29) is 5.54 Å². The molecule has 2 rings (SSSR count). The number of halogens is 3. The van der Waals surface area contributed by atoms with Crippen LogP contribution in [-0.4, -0.2) is 12.1 Å². The van der Waals surface area contributed by atoms with Crippen molar-refractivity contribution in [1.82, 2.24) is 5.32 Å². The third-order valence-electron chi connectivity index (χ3n) is 3.36. The van der Waals surface area contributed by atoms with Crippen molar-refractivity contribution in [3.05, 3.63) is 35.4 Å². The van der Waals surface area contributed by atoms with E-state index in [0.717, 1.165) is 25.5 Å². The van der Waals surface area contributed by atoms with Gasteiger partial charge in [0.2, 0.25) is 0 Å². The fourth-order valence-corrected chi connectivity index (χ4v) is 2.48. The monoisotopic (exact) mass is 243 g/mol. The van der Waals surface area contributed by atoms with Crippen molar-refractivity contribution in [2.75, 3.05) is 6.54 Å². The summed E-state index contributed by atoms with van der Waals surface area (Å²) < 4.78 is 38.5. The molecule has 1 unspecified atom stereocenters. The zero-order valence-electron chi connectivity index (χ0n) is 9.77. The number of nitrogens with one attached hydrogen (secondary N) is 1. The molecule has 1 saturated heterocycles. The van der Waals surface area contributed by atoms with Gasteiger partial charge >= 0.3 is 6.18 Å². The molecule has 1 fully saturated rings. The summed E-state index contributed by atoms with van der Waals surface area (Å²) in [6.07, 6.45) is -1.86. The number of alkyl halides is 3. The summed E-state index contributed by atoms with van der Waals surface area (Å²) >= 11 is 0. The number of hydrogen-bond donors (Lipinski definition) is 1. The summed E-state index contributed by atoms with van der Waals surface area (Å²) in [6, 6.07) is 5.85. The van der Waals surface area contributed by atoms with Crippen molar-refractivity contribution in [3.63, 3.8) is 0 Å². The van der Waals surface area contributed by atoms with Crippen LogP contribution in [0.2, 0.25) is 0 Å². The molecule has 0 aromatic heterocycles. The minimum atomic E-state index is -4.26. The molecule has 1 aromatic carbocycles. The predicted octanol–water partition coefficient (Wildman–Crippen LogP) is 3.39. The van der Waals surface area contributed by atoms with Gasteiger partial charge in [-0.05, 0) is 44.4 Å². The van der Waals surface area contributed by atoms with E-state index >= 15 is 0 Å². The SMILES string of the molecule is CC1(Cc2ccccc2C(F)(F)F)CCCN1. The number of benzene rings is 1. The van der Waals surface area contributed by atoms with Crippen LogP contribution in [0, 0.1) is 0 Å².